The van der Waals surface area contributed by atoms with E-state index in [-0.39, 0.29) is 0 Å². The molecule has 1 saturated carbocycles. The van der Waals surface area contributed by atoms with Crippen LogP contribution in [0.1, 0.15) is 56.5 Å². The van der Waals surface area contributed by atoms with Crippen molar-refractivity contribution in [3.63, 3.8) is 0 Å². The smallest absolute Gasteiger partial charge is 0.144 e. The lowest BCUT2D eigenvalue weighted by Gasteiger charge is -2.15. The van der Waals surface area contributed by atoms with Crippen molar-refractivity contribution in [2.75, 3.05) is 12.4 Å². The van der Waals surface area contributed by atoms with Crippen molar-refractivity contribution in [1.29, 1.82) is 0 Å². The van der Waals surface area contributed by atoms with Crippen LogP contribution < -0.4 is 5.32 Å². The molecule has 0 spiro atoms. The molecule has 0 unspecified atom stereocenters. The zero-order valence-electron chi connectivity index (χ0n) is 10.6. The van der Waals surface area contributed by atoms with Crippen molar-refractivity contribution in [2.45, 2.75) is 51.4 Å². The minimum absolute atomic E-state index is 0.620. The predicted molar refractivity (Wildman–Crippen MR) is 74.5 cm³/mol. The first-order valence-corrected chi connectivity index (χ1v) is 7.29. The van der Waals surface area contributed by atoms with E-state index in [9.17, 15) is 0 Å². The summed E-state index contributed by atoms with van der Waals surface area (Å²) in [4.78, 5) is 9.30. The normalized spacial score (nSPS) is 16.4. The van der Waals surface area contributed by atoms with Gasteiger partial charge in [0.2, 0.25) is 0 Å². The van der Waals surface area contributed by atoms with Gasteiger partial charge in [-0.05, 0) is 35.2 Å². The van der Waals surface area contributed by atoms with Gasteiger partial charge in [-0.3, -0.25) is 0 Å². The maximum absolute atomic E-state index is 4.75. The van der Waals surface area contributed by atoms with Gasteiger partial charge in [0.25, 0.3) is 0 Å². The van der Waals surface area contributed by atoms with E-state index < -0.39 is 0 Å². The average molecular weight is 298 g/mol. The van der Waals surface area contributed by atoms with Crippen molar-refractivity contribution in [3.8, 4) is 0 Å². The number of rotatable bonds is 4. The van der Waals surface area contributed by atoms with Crippen LogP contribution >= 0.6 is 15.9 Å². The summed E-state index contributed by atoms with van der Waals surface area (Å²) in [6, 6.07) is 0. The summed E-state index contributed by atoms with van der Waals surface area (Å²) < 4.78 is 1.06. The van der Waals surface area contributed by atoms with Crippen LogP contribution in [0.3, 0.4) is 0 Å². The van der Waals surface area contributed by atoms with E-state index in [0.29, 0.717) is 5.92 Å². The van der Waals surface area contributed by atoms with Gasteiger partial charge in [-0.15, -0.1) is 0 Å². The van der Waals surface area contributed by atoms with Crippen molar-refractivity contribution >= 4 is 21.7 Å². The van der Waals surface area contributed by atoms with E-state index in [1.807, 2.05) is 7.05 Å². The van der Waals surface area contributed by atoms with Gasteiger partial charge >= 0.3 is 0 Å². The molecule has 1 aromatic rings. The molecule has 0 aliphatic heterocycles. The van der Waals surface area contributed by atoms with Crippen LogP contribution in [-0.4, -0.2) is 17.0 Å². The van der Waals surface area contributed by atoms with E-state index in [4.69, 9.17) is 4.98 Å². The van der Waals surface area contributed by atoms with Crippen LogP contribution in [0.4, 0.5) is 5.82 Å². The number of hydrogen-bond acceptors (Lipinski definition) is 3. The Bertz CT molecular complexity index is 386. The van der Waals surface area contributed by atoms with Crippen molar-refractivity contribution < 1.29 is 0 Å². The van der Waals surface area contributed by atoms with Crippen LogP contribution in [0.15, 0.2) is 4.47 Å². The van der Waals surface area contributed by atoms with E-state index in [2.05, 4.69) is 33.2 Å². The molecule has 1 aromatic heterocycles. The predicted octanol–water partition coefficient (Wildman–Crippen LogP) is 3.89. The van der Waals surface area contributed by atoms with Gasteiger partial charge in [0.1, 0.15) is 11.6 Å². The molecule has 1 aliphatic rings. The fourth-order valence-electron chi connectivity index (χ4n) is 2.48. The second-order valence-electron chi connectivity index (χ2n) is 4.67. The number of nitrogens with one attached hydrogen (secondary N) is 1. The first-order valence-electron chi connectivity index (χ1n) is 6.50. The minimum Gasteiger partial charge on any atom is -0.372 e. The standard InChI is InChI=1S/C13H20BrN3/c1-3-6-10-16-12(9-7-4-5-8-9)11(14)13(15-2)17-10/h9H,3-8H2,1-2H3,(H,15,16,17). The Balaban J connectivity index is 2.37. The summed E-state index contributed by atoms with van der Waals surface area (Å²) in [6.07, 6.45) is 7.25. The van der Waals surface area contributed by atoms with E-state index in [1.165, 1.54) is 31.4 Å². The molecule has 1 N–H and O–H groups in total. The number of anilines is 1. The van der Waals surface area contributed by atoms with Gasteiger partial charge in [-0.1, -0.05) is 19.8 Å². The number of nitrogens with zero attached hydrogens (tertiary/aromatic N) is 2. The van der Waals surface area contributed by atoms with Gasteiger partial charge in [0, 0.05) is 19.4 Å². The summed E-state index contributed by atoms with van der Waals surface area (Å²) in [5.74, 6) is 2.53. The Morgan fingerprint density at radius 3 is 2.59 bits per heavy atom. The first kappa shape index (κ1) is 12.8. The molecule has 0 amide bonds. The lowest BCUT2D eigenvalue weighted by atomic mass is 10.0. The zero-order valence-corrected chi connectivity index (χ0v) is 12.2. The van der Waals surface area contributed by atoms with Crippen molar-refractivity contribution in [3.05, 3.63) is 16.0 Å². The third-order valence-electron chi connectivity index (χ3n) is 3.38. The highest BCUT2D eigenvalue weighted by Crippen LogP contribution is 2.38. The molecule has 0 bridgehead atoms. The van der Waals surface area contributed by atoms with Crippen LogP contribution in [-0.2, 0) is 6.42 Å². The molecule has 94 valence electrons. The number of halogens is 1. The number of aromatic nitrogens is 2. The van der Waals surface area contributed by atoms with E-state index in [1.54, 1.807) is 0 Å². The van der Waals surface area contributed by atoms with Gasteiger partial charge in [0.05, 0.1) is 10.2 Å². The molecule has 2 rings (SSSR count). The Hall–Kier alpha value is -0.640. The van der Waals surface area contributed by atoms with Gasteiger partial charge < -0.3 is 5.32 Å². The number of hydrogen-bond donors (Lipinski definition) is 1. The Labute approximate surface area is 112 Å². The van der Waals surface area contributed by atoms with E-state index >= 15 is 0 Å². The Morgan fingerprint density at radius 2 is 2.00 bits per heavy atom. The maximum Gasteiger partial charge on any atom is 0.144 e. The fraction of sp³-hybridized carbons (Fsp3) is 0.692. The van der Waals surface area contributed by atoms with E-state index in [0.717, 1.165) is 29.0 Å². The molecule has 17 heavy (non-hydrogen) atoms. The molecule has 0 atom stereocenters. The monoisotopic (exact) mass is 297 g/mol. The zero-order chi connectivity index (χ0) is 12.3. The summed E-state index contributed by atoms with van der Waals surface area (Å²) in [5.41, 5.74) is 1.21. The maximum atomic E-state index is 4.75. The molecule has 4 heteroatoms. The highest BCUT2D eigenvalue weighted by molar-refractivity contribution is 9.10. The topological polar surface area (TPSA) is 37.8 Å². The van der Waals surface area contributed by atoms with Crippen molar-refractivity contribution in [1.82, 2.24) is 9.97 Å². The first-order chi connectivity index (χ1) is 8.26. The minimum atomic E-state index is 0.620. The summed E-state index contributed by atoms with van der Waals surface area (Å²) in [7, 11) is 1.92. The molecule has 1 fully saturated rings. The van der Waals surface area contributed by atoms with Gasteiger partial charge in [0.15, 0.2) is 0 Å². The highest BCUT2D eigenvalue weighted by Gasteiger charge is 2.23. The molecule has 3 nitrogen and oxygen atoms in total. The molecule has 0 radical (unpaired) electrons. The van der Waals surface area contributed by atoms with Crippen molar-refractivity contribution in [2.24, 2.45) is 0 Å². The second-order valence-corrected chi connectivity index (χ2v) is 5.46. The van der Waals surface area contributed by atoms with Gasteiger partial charge in [-0.25, -0.2) is 9.97 Å². The molecular weight excluding hydrogens is 278 g/mol. The van der Waals surface area contributed by atoms with Crippen LogP contribution in [0, 0.1) is 0 Å². The third-order valence-corrected chi connectivity index (χ3v) is 4.16. The molecule has 1 heterocycles. The van der Waals surface area contributed by atoms with Crippen LogP contribution in [0.5, 0.6) is 0 Å². The molecule has 0 saturated heterocycles. The van der Waals surface area contributed by atoms with Crippen LogP contribution in [0.2, 0.25) is 0 Å². The lowest BCUT2D eigenvalue weighted by molar-refractivity contribution is 0.676. The summed E-state index contributed by atoms with van der Waals surface area (Å²) in [5, 5.41) is 3.16. The lowest BCUT2D eigenvalue weighted by Crippen LogP contribution is -2.08. The molecular formula is C13H20BrN3. The largest absolute Gasteiger partial charge is 0.372 e. The quantitative estimate of drug-likeness (QED) is 0.916. The second kappa shape index (κ2) is 5.80. The third kappa shape index (κ3) is 2.79. The Kier molecular flexibility index (Phi) is 4.37. The average Bonchev–Trinajstić information content (AvgIpc) is 2.85. The Morgan fingerprint density at radius 1 is 1.29 bits per heavy atom. The summed E-state index contributed by atoms with van der Waals surface area (Å²) >= 11 is 3.65. The summed E-state index contributed by atoms with van der Waals surface area (Å²) in [6.45, 7) is 2.17. The van der Waals surface area contributed by atoms with Gasteiger partial charge in [-0.2, -0.15) is 0 Å². The number of aryl methyl sites for hydroxylation is 1. The molecule has 1 aliphatic carbocycles. The van der Waals surface area contributed by atoms with Crippen LogP contribution in [0.25, 0.3) is 0 Å². The highest BCUT2D eigenvalue weighted by atomic mass is 79.9. The molecule has 0 aromatic carbocycles. The fourth-order valence-corrected chi connectivity index (χ4v) is 3.18. The SMILES string of the molecule is CCCc1nc(NC)c(Br)c(C2CCCC2)n1.